The minimum Gasteiger partial charge on any atom is -0.342 e. The van der Waals surface area contributed by atoms with Gasteiger partial charge in [-0.3, -0.25) is 4.79 Å². The van der Waals surface area contributed by atoms with Crippen LogP contribution in [0.15, 0.2) is 30.3 Å². The molecule has 0 aromatic heterocycles. The third-order valence-corrected chi connectivity index (χ3v) is 2.03. The zero-order valence-electron chi connectivity index (χ0n) is 8.03. The molecule has 2 nitrogen and oxygen atoms in total. The van der Waals surface area contributed by atoms with Gasteiger partial charge in [0, 0.05) is 11.1 Å². The molecule has 0 bridgehead atoms. The van der Waals surface area contributed by atoms with E-state index in [-0.39, 0.29) is 12.5 Å². The molecule has 0 unspecified atom stereocenters. The molecule has 0 aliphatic heterocycles. The van der Waals surface area contributed by atoms with Crippen LogP contribution in [0.4, 0.5) is 0 Å². The van der Waals surface area contributed by atoms with Gasteiger partial charge < -0.3 is 5.32 Å². The van der Waals surface area contributed by atoms with Crippen LogP contribution in [0.2, 0.25) is 5.02 Å². The lowest BCUT2D eigenvalue weighted by atomic mass is 10.2. The molecular weight excluding hydrogens is 210 g/mol. The molecule has 1 rings (SSSR count). The van der Waals surface area contributed by atoms with Gasteiger partial charge in [-0.2, -0.15) is 0 Å². The van der Waals surface area contributed by atoms with Crippen LogP contribution in [-0.4, -0.2) is 12.5 Å². The fraction of sp³-hybridized carbons (Fsp3) is 0.0833. The zero-order valence-corrected chi connectivity index (χ0v) is 8.79. The molecule has 0 atom stereocenters. The third-order valence-electron chi connectivity index (χ3n) is 1.68. The first kappa shape index (κ1) is 11.4. The van der Waals surface area contributed by atoms with E-state index >= 15 is 0 Å². The van der Waals surface area contributed by atoms with Gasteiger partial charge in [-0.05, 0) is 17.7 Å². The molecule has 0 aliphatic carbocycles. The molecule has 0 heterocycles. The van der Waals surface area contributed by atoms with Crippen molar-refractivity contribution in [3.8, 4) is 12.3 Å². The highest BCUT2D eigenvalue weighted by Crippen LogP contribution is 2.15. The lowest BCUT2D eigenvalue weighted by molar-refractivity contribution is -0.116. The summed E-state index contributed by atoms with van der Waals surface area (Å²) in [7, 11) is 0. The van der Waals surface area contributed by atoms with E-state index in [1.165, 1.54) is 6.08 Å². The topological polar surface area (TPSA) is 29.1 Å². The van der Waals surface area contributed by atoms with Crippen LogP contribution in [0.25, 0.3) is 6.08 Å². The van der Waals surface area contributed by atoms with Crippen molar-refractivity contribution in [2.75, 3.05) is 6.54 Å². The predicted octanol–water partition coefficient (Wildman–Crippen LogP) is 2.10. The average Bonchev–Trinajstić information content (AvgIpc) is 2.25. The summed E-state index contributed by atoms with van der Waals surface area (Å²) >= 11 is 5.90. The van der Waals surface area contributed by atoms with Crippen LogP contribution in [-0.2, 0) is 4.79 Å². The number of benzene rings is 1. The normalized spacial score (nSPS) is 9.87. The van der Waals surface area contributed by atoms with Crippen molar-refractivity contribution in [3.05, 3.63) is 40.9 Å². The Morgan fingerprint density at radius 1 is 1.53 bits per heavy atom. The van der Waals surface area contributed by atoms with Gasteiger partial charge in [0.15, 0.2) is 0 Å². The lowest BCUT2D eigenvalue weighted by Crippen LogP contribution is -2.20. The molecule has 1 aromatic carbocycles. The van der Waals surface area contributed by atoms with Crippen LogP contribution in [0.5, 0.6) is 0 Å². The smallest absolute Gasteiger partial charge is 0.244 e. The molecule has 0 aliphatic rings. The van der Waals surface area contributed by atoms with Crippen molar-refractivity contribution in [1.29, 1.82) is 0 Å². The molecular formula is C12H10ClNO. The monoisotopic (exact) mass is 219 g/mol. The summed E-state index contributed by atoms with van der Waals surface area (Å²) in [6.45, 7) is 0.228. The number of rotatable bonds is 3. The molecule has 1 amide bonds. The Hall–Kier alpha value is -1.72. The number of terminal acetylenes is 1. The number of hydrogen-bond donors (Lipinski definition) is 1. The summed E-state index contributed by atoms with van der Waals surface area (Å²) in [6.07, 6.45) is 8.05. The van der Waals surface area contributed by atoms with E-state index in [9.17, 15) is 4.79 Å². The van der Waals surface area contributed by atoms with Gasteiger partial charge in [0.1, 0.15) is 0 Å². The van der Waals surface area contributed by atoms with E-state index in [0.717, 1.165) is 5.56 Å². The SMILES string of the molecule is C#CCNC(=O)C=Cc1ccccc1Cl. The van der Waals surface area contributed by atoms with Gasteiger partial charge in [0.2, 0.25) is 5.91 Å². The second-order valence-corrected chi connectivity index (χ2v) is 3.18. The number of nitrogens with one attached hydrogen (secondary N) is 1. The highest BCUT2D eigenvalue weighted by Gasteiger charge is 1.95. The van der Waals surface area contributed by atoms with Crippen molar-refractivity contribution < 1.29 is 4.79 Å². The first-order valence-electron chi connectivity index (χ1n) is 4.38. The Labute approximate surface area is 93.9 Å². The summed E-state index contributed by atoms with van der Waals surface area (Å²) in [5.41, 5.74) is 0.801. The van der Waals surface area contributed by atoms with Crippen LogP contribution in [0.1, 0.15) is 5.56 Å². The van der Waals surface area contributed by atoms with Crippen molar-refractivity contribution in [1.82, 2.24) is 5.32 Å². The summed E-state index contributed by atoms with van der Waals surface area (Å²) in [5, 5.41) is 3.13. The fourth-order valence-corrected chi connectivity index (χ4v) is 1.17. The van der Waals surface area contributed by atoms with Gasteiger partial charge in [-0.25, -0.2) is 0 Å². The standard InChI is InChI=1S/C12H10ClNO/c1-2-9-14-12(15)8-7-10-5-3-4-6-11(10)13/h1,3-8H,9H2,(H,14,15). The number of hydrogen-bond acceptors (Lipinski definition) is 1. The molecule has 3 heteroatoms. The summed E-state index contributed by atoms with van der Waals surface area (Å²) in [5.74, 6) is 2.09. The summed E-state index contributed by atoms with van der Waals surface area (Å²) in [6, 6.07) is 7.27. The van der Waals surface area contributed by atoms with Crippen LogP contribution < -0.4 is 5.32 Å². The largest absolute Gasteiger partial charge is 0.342 e. The molecule has 1 aromatic rings. The maximum atomic E-state index is 11.2. The first-order valence-corrected chi connectivity index (χ1v) is 4.75. The number of halogens is 1. The van der Waals surface area contributed by atoms with Gasteiger partial charge in [-0.1, -0.05) is 35.7 Å². The van der Waals surface area contributed by atoms with Gasteiger partial charge in [0.05, 0.1) is 6.54 Å². The first-order chi connectivity index (χ1) is 7.24. The number of amides is 1. The Bertz CT molecular complexity index is 418. The predicted molar refractivity (Wildman–Crippen MR) is 62.3 cm³/mol. The van der Waals surface area contributed by atoms with Crippen molar-refractivity contribution in [3.63, 3.8) is 0 Å². The maximum Gasteiger partial charge on any atom is 0.244 e. The quantitative estimate of drug-likeness (QED) is 0.612. The Balaban J connectivity index is 2.62. The minimum atomic E-state index is -0.229. The molecule has 0 saturated heterocycles. The van der Waals surface area contributed by atoms with E-state index in [4.69, 9.17) is 18.0 Å². The van der Waals surface area contributed by atoms with E-state index in [1.807, 2.05) is 18.2 Å². The molecule has 76 valence electrons. The van der Waals surface area contributed by atoms with Crippen LogP contribution >= 0.6 is 11.6 Å². The van der Waals surface area contributed by atoms with E-state index in [2.05, 4.69) is 11.2 Å². The molecule has 15 heavy (non-hydrogen) atoms. The van der Waals surface area contributed by atoms with Gasteiger partial charge in [0.25, 0.3) is 0 Å². The molecule has 0 spiro atoms. The zero-order chi connectivity index (χ0) is 11.1. The highest BCUT2D eigenvalue weighted by atomic mass is 35.5. The van der Waals surface area contributed by atoms with E-state index in [1.54, 1.807) is 12.1 Å². The Morgan fingerprint density at radius 2 is 2.27 bits per heavy atom. The maximum absolute atomic E-state index is 11.2. The second-order valence-electron chi connectivity index (χ2n) is 2.78. The second kappa shape index (κ2) is 5.90. The van der Waals surface area contributed by atoms with Crippen LogP contribution in [0, 0.1) is 12.3 Å². The third kappa shape index (κ3) is 3.88. The average molecular weight is 220 g/mol. The number of carbonyl (C=O) groups excluding carboxylic acids is 1. The van der Waals surface area contributed by atoms with Crippen molar-refractivity contribution in [2.45, 2.75) is 0 Å². The van der Waals surface area contributed by atoms with E-state index < -0.39 is 0 Å². The van der Waals surface area contributed by atoms with E-state index in [0.29, 0.717) is 5.02 Å². The lowest BCUT2D eigenvalue weighted by Gasteiger charge is -1.97. The molecule has 0 fully saturated rings. The minimum absolute atomic E-state index is 0.228. The van der Waals surface area contributed by atoms with Gasteiger partial charge >= 0.3 is 0 Å². The molecule has 1 N–H and O–H groups in total. The number of carbonyl (C=O) groups is 1. The van der Waals surface area contributed by atoms with Crippen LogP contribution in [0.3, 0.4) is 0 Å². The van der Waals surface area contributed by atoms with Gasteiger partial charge in [-0.15, -0.1) is 6.42 Å². The summed E-state index contributed by atoms with van der Waals surface area (Å²) in [4.78, 5) is 11.2. The highest BCUT2D eigenvalue weighted by molar-refractivity contribution is 6.32. The molecule has 0 saturated carbocycles. The van der Waals surface area contributed by atoms with Crippen molar-refractivity contribution in [2.24, 2.45) is 0 Å². The fourth-order valence-electron chi connectivity index (χ4n) is 0.973. The molecule has 0 radical (unpaired) electrons. The Kier molecular flexibility index (Phi) is 4.46. The summed E-state index contributed by atoms with van der Waals surface area (Å²) < 4.78 is 0. The Morgan fingerprint density at radius 3 is 2.93 bits per heavy atom. The van der Waals surface area contributed by atoms with Crippen molar-refractivity contribution >= 4 is 23.6 Å².